The van der Waals surface area contributed by atoms with E-state index in [2.05, 4.69) is 52.4 Å². The minimum absolute atomic E-state index is 0.668. The Morgan fingerprint density at radius 1 is 1.42 bits per heavy atom. The molecule has 0 spiro atoms. The zero-order chi connectivity index (χ0) is 13.5. The summed E-state index contributed by atoms with van der Waals surface area (Å²) in [4.78, 5) is 0. The molecule has 1 aromatic carbocycles. The maximum atomic E-state index is 5.51. The van der Waals surface area contributed by atoms with Crippen LogP contribution in [0.25, 0.3) is 0 Å². The van der Waals surface area contributed by atoms with Gasteiger partial charge in [0, 0.05) is 23.7 Å². The van der Waals surface area contributed by atoms with Gasteiger partial charge in [0.15, 0.2) is 0 Å². The molecule has 1 aromatic rings. The highest BCUT2D eigenvalue weighted by Gasteiger charge is 2.22. The van der Waals surface area contributed by atoms with E-state index in [4.69, 9.17) is 4.74 Å². The standard InChI is InChI=1S/C16H24BrNO/c1-2-19-9-8-14(12-18-16-6-7-16)10-13-4-3-5-15(17)11-13/h3-5,11,14,16,18H,2,6-10,12H2,1H3. The van der Waals surface area contributed by atoms with E-state index in [1.54, 1.807) is 0 Å². The molecule has 1 N–H and O–H groups in total. The summed E-state index contributed by atoms with van der Waals surface area (Å²) in [5, 5.41) is 3.65. The first-order valence-corrected chi connectivity index (χ1v) is 8.12. The fourth-order valence-corrected chi connectivity index (χ4v) is 2.74. The highest BCUT2D eigenvalue weighted by Crippen LogP contribution is 2.21. The van der Waals surface area contributed by atoms with Gasteiger partial charge in [-0.05, 0) is 62.8 Å². The van der Waals surface area contributed by atoms with Crippen molar-refractivity contribution in [3.05, 3.63) is 34.3 Å². The molecular weight excluding hydrogens is 302 g/mol. The van der Waals surface area contributed by atoms with Crippen molar-refractivity contribution in [2.75, 3.05) is 19.8 Å². The molecule has 0 saturated heterocycles. The Balaban J connectivity index is 1.83. The number of halogens is 1. The molecule has 0 bridgehead atoms. The molecule has 0 amide bonds. The Bertz CT molecular complexity index is 379. The molecular formula is C16H24BrNO. The molecule has 1 fully saturated rings. The van der Waals surface area contributed by atoms with Crippen LogP contribution in [-0.2, 0) is 11.2 Å². The van der Waals surface area contributed by atoms with Crippen LogP contribution >= 0.6 is 15.9 Å². The van der Waals surface area contributed by atoms with Gasteiger partial charge in [0.2, 0.25) is 0 Å². The lowest BCUT2D eigenvalue weighted by atomic mass is 9.96. The van der Waals surface area contributed by atoms with Gasteiger partial charge >= 0.3 is 0 Å². The van der Waals surface area contributed by atoms with Gasteiger partial charge in [-0.2, -0.15) is 0 Å². The van der Waals surface area contributed by atoms with Crippen molar-refractivity contribution in [2.45, 2.75) is 38.6 Å². The van der Waals surface area contributed by atoms with Gasteiger partial charge in [-0.3, -0.25) is 0 Å². The van der Waals surface area contributed by atoms with Crippen LogP contribution in [0.5, 0.6) is 0 Å². The van der Waals surface area contributed by atoms with Crippen LogP contribution in [-0.4, -0.2) is 25.8 Å². The Hall–Kier alpha value is -0.380. The molecule has 1 atom stereocenters. The molecule has 0 heterocycles. The summed E-state index contributed by atoms with van der Waals surface area (Å²) in [6.45, 7) is 4.87. The minimum Gasteiger partial charge on any atom is -0.382 e. The van der Waals surface area contributed by atoms with E-state index in [1.165, 1.54) is 22.9 Å². The lowest BCUT2D eigenvalue weighted by molar-refractivity contribution is 0.131. The third-order valence-electron chi connectivity index (χ3n) is 3.56. The molecule has 0 aromatic heterocycles. The van der Waals surface area contributed by atoms with Gasteiger partial charge in [-0.25, -0.2) is 0 Å². The number of ether oxygens (including phenoxy) is 1. The van der Waals surface area contributed by atoms with Gasteiger partial charge in [0.25, 0.3) is 0 Å². The molecule has 1 aliphatic carbocycles. The van der Waals surface area contributed by atoms with E-state index in [-0.39, 0.29) is 0 Å². The molecule has 2 nitrogen and oxygen atoms in total. The molecule has 106 valence electrons. The van der Waals surface area contributed by atoms with Crippen molar-refractivity contribution in [1.82, 2.24) is 5.32 Å². The second kappa shape index (κ2) is 8.03. The zero-order valence-electron chi connectivity index (χ0n) is 11.7. The van der Waals surface area contributed by atoms with Gasteiger partial charge < -0.3 is 10.1 Å². The second-order valence-electron chi connectivity index (χ2n) is 5.37. The van der Waals surface area contributed by atoms with E-state index < -0.39 is 0 Å². The number of benzene rings is 1. The summed E-state index contributed by atoms with van der Waals surface area (Å²) in [5.74, 6) is 0.668. The van der Waals surface area contributed by atoms with Gasteiger partial charge in [-0.1, -0.05) is 28.1 Å². The summed E-state index contributed by atoms with van der Waals surface area (Å²) in [7, 11) is 0. The van der Waals surface area contributed by atoms with Crippen molar-refractivity contribution in [2.24, 2.45) is 5.92 Å². The Kier molecular flexibility index (Phi) is 6.35. The lowest BCUT2D eigenvalue weighted by Crippen LogP contribution is -2.27. The van der Waals surface area contributed by atoms with Crippen molar-refractivity contribution < 1.29 is 4.74 Å². The minimum atomic E-state index is 0.668. The predicted molar refractivity (Wildman–Crippen MR) is 83.5 cm³/mol. The Labute approximate surface area is 125 Å². The largest absolute Gasteiger partial charge is 0.382 e. The Morgan fingerprint density at radius 3 is 2.95 bits per heavy atom. The van der Waals surface area contributed by atoms with Crippen LogP contribution in [0.2, 0.25) is 0 Å². The van der Waals surface area contributed by atoms with Gasteiger partial charge in [0.05, 0.1) is 0 Å². The Morgan fingerprint density at radius 2 is 2.26 bits per heavy atom. The molecule has 0 aliphatic heterocycles. The summed E-state index contributed by atoms with van der Waals surface area (Å²) in [5.41, 5.74) is 1.41. The van der Waals surface area contributed by atoms with Crippen molar-refractivity contribution in [1.29, 1.82) is 0 Å². The number of hydrogen-bond donors (Lipinski definition) is 1. The van der Waals surface area contributed by atoms with E-state index >= 15 is 0 Å². The monoisotopic (exact) mass is 325 g/mol. The van der Waals surface area contributed by atoms with Crippen molar-refractivity contribution in [3.63, 3.8) is 0 Å². The van der Waals surface area contributed by atoms with E-state index in [9.17, 15) is 0 Å². The lowest BCUT2D eigenvalue weighted by Gasteiger charge is -2.18. The van der Waals surface area contributed by atoms with Crippen LogP contribution < -0.4 is 5.32 Å². The van der Waals surface area contributed by atoms with Crippen LogP contribution in [0.3, 0.4) is 0 Å². The summed E-state index contributed by atoms with van der Waals surface area (Å²) < 4.78 is 6.68. The SMILES string of the molecule is CCOCCC(CNC1CC1)Cc1cccc(Br)c1. The maximum Gasteiger partial charge on any atom is 0.0469 e. The molecule has 1 aliphatic rings. The number of nitrogens with one attached hydrogen (secondary N) is 1. The average Bonchev–Trinajstić information content (AvgIpc) is 3.20. The van der Waals surface area contributed by atoms with Crippen LogP contribution in [0, 0.1) is 5.92 Å². The van der Waals surface area contributed by atoms with E-state index in [0.29, 0.717) is 5.92 Å². The van der Waals surface area contributed by atoms with Crippen LogP contribution in [0.1, 0.15) is 31.7 Å². The molecule has 2 rings (SSSR count). The highest BCUT2D eigenvalue weighted by atomic mass is 79.9. The normalized spacial score (nSPS) is 16.5. The summed E-state index contributed by atoms with van der Waals surface area (Å²) >= 11 is 3.55. The molecule has 1 unspecified atom stereocenters. The maximum absolute atomic E-state index is 5.51. The zero-order valence-corrected chi connectivity index (χ0v) is 13.3. The fraction of sp³-hybridized carbons (Fsp3) is 0.625. The van der Waals surface area contributed by atoms with Gasteiger partial charge in [-0.15, -0.1) is 0 Å². The second-order valence-corrected chi connectivity index (χ2v) is 6.28. The first-order chi connectivity index (χ1) is 9.28. The fourth-order valence-electron chi connectivity index (χ4n) is 2.29. The highest BCUT2D eigenvalue weighted by molar-refractivity contribution is 9.10. The topological polar surface area (TPSA) is 21.3 Å². The number of rotatable bonds is 9. The third-order valence-corrected chi connectivity index (χ3v) is 4.05. The van der Waals surface area contributed by atoms with Crippen molar-refractivity contribution >= 4 is 15.9 Å². The predicted octanol–water partition coefficient (Wildman–Crippen LogP) is 3.79. The average molecular weight is 326 g/mol. The summed E-state index contributed by atoms with van der Waals surface area (Å²) in [6.07, 6.45) is 4.98. The first kappa shape index (κ1) is 15.0. The van der Waals surface area contributed by atoms with Crippen LogP contribution in [0.15, 0.2) is 28.7 Å². The number of hydrogen-bond acceptors (Lipinski definition) is 2. The van der Waals surface area contributed by atoms with E-state index in [0.717, 1.165) is 38.6 Å². The van der Waals surface area contributed by atoms with Crippen LogP contribution in [0.4, 0.5) is 0 Å². The third kappa shape index (κ3) is 6.07. The quantitative estimate of drug-likeness (QED) is 0.697. The smallest absolute Gasteiger partial charge is 0.0469 e. The molecule has 19 heavy (non-hydrogen) atoms. The molecule has 3 heteroatoms. The van der Waals surface area contributed by atoms with Crippen molar-refractivity contribution in [3.8, 4) is 0 Å². The van der Waals surface area contributed by atoms with Gasteiger partial charge in [0.1, 0.15) is 0 Å². The first-order valence-electron chi connectivity index (χ1n) is 7.33. The van der Waals surface area contributed by atoms with E-state index in [1.807, 2.05) is 0 Å². The molecule has 0 radical (unpaired) electrons. The molecule has 1 saturated carbocycles. The summed E-state index contributed by atoms with van der Waals surface area (Å²) in [6, 6.07) is 9.44.